The van der Waals surface area contributed by atoms with Crippen LogP contribution in [0, 0.1) is 0 Å². The third-order valence-electron chi connectivity index (χ3n) is 7.67. The smallest absolute Gasteiger partial charge is 0.290 e. The maximum atomic E-state index is 13.2. The summed E-state index contributed by atoms with van der Waals surface area (Å²) < 4.78 is 2.02. The first-order valence-electron chi connectivity index (χ1n) is 12.5. The average Bonchev–Trinajstić information content (AvgIpc) is 3.20. The molecule has 2 aromatic rings. The average molecular weight is 438 g/mol. The number of nitrogens with one attached hydrogen (secondary N) is 1. The van der Waals surface area contributed by atoms with Crippen LogP contribution in [-0.2, 0) is 6.54 Å². The van der Waals surface area contributed by atoms with Gasteiger partial charge in [0, 0.05) is 43.8 Å². The van der Waals surface area contributed by atoms with E-state index in [1.165, 1.54) is 38.5 Å². The highest BCUT2D eigenvalue weighted by atomic mass is 16.2. The van der Waals surface area contributed by atoms with Crippen LogP contribution in [0.1, 0.15) is 79.3 Å². The minimum Gasteiger partial charge on any atom is -0.351 e. The Labute approximate surface area is 190 Å². The van der Waals surface area contributed by atoms with Crippen LogP contribution < -0.4 is 5.32 Å². The molecule has 7 nitrogen and oxygen atoms in total. The molecular weight excluding hydrogens is 402 g/mol. The van der Waals surface area contributed by atoms with Gasteiger partial charge in [-0.05, 0) is 57.4 Å². The number of imidazole rings is 1. The van der Waals surface area contributed by atoms with Crippen LogP contribution >= 0.6 is 0 Å². The highest BCUT2D eigenvalue weighted by molar-refractivity contribution is 6.00. The molecule has 32 heavy (non-hydrogen) atoms. The summed E-state index contributed by atoms with van der Waals surface area (Å²) >= 11 is 0. The van der Waals surface area contributed by atoms with Gasteiger partial charge in [0.2, 0.25) is 0 Å². The molecule has 1 aromatic carbocycles. The molecule has 3 heterocycles. The van der Waals surface area contributed by atoms with Crippen molar-refractivity contribution in [2.75, 3.05) is 26.2 Å². The monoisotopic (exact) mass is 437 g/mol. The second-order valence-electron chi connectivity index (χ2n) is 9.72. The van der Waals surface area contributed by atoms with Crippen molar-refractivity contribution >= 4 is 22.8 Å². The van der Waals surface area contributed by atoms with Gasteiger partial charge in [0.05, 0.1) is 11.0 Å². The lowest BCUT2D eigenvalue weighted by Crippen LogP contribution is -2.47. The van der Waals surface area contributed by atoms with Crippen molar-refractivity contribution in [3.05, 3.63) is 29.6 Å². The molecule has 1 aliphatic carbocycles. The largest absolute Gasteiger partial charge is 0.351 e. The zero-order valence-corrected chi connectivity index (χ0v) is 19.2. The van der Waals surface area contributed by atoms with Gasteiger partial charge < -0.3 is 14.8 Å². The Kier molecular flexibility index (Phi) is 6.17. The van der Waals surface area contributed by atoms with Crippen LogP contribution in [0.15, 0.2) is 18.2 Å². The molecule has 0 bridgehead atoms. The van der Waals surface area contributed by atoms with Gasteiger partial charge in [-0.2, -0.15) is 0 Å². The molecule has 2 fully saturated rings. The van der Waals surface area contributed by atoms with Gasteiger partial charge >= 0.3 is 0 Å². The molecule has 172 valence electrons. The zero-order valence-electron chi connectivity index (χ0n) is 19.2. The van der Waals surface area contributed by atoms with Gasteiger partial charge in [0.25, 0.3) is 11.8 Å². The Balaban J connectivity index is 1.26. The fraction of sp³-hybridized carbons (Fsp3) is 0.640. The summed E-state index contributed by atoms with van der Waals surface area (Å²) in [6, 6.07) is 6.58. The first-order chi connectivity index (χ1) is 15.6. The van der Waals surface area contributed by atoms with E-state index in [2.05, 4.69) is 22.1 Å². The zero-order chi connectivity index (χ0) is 22.1. The number of fused-ring (bicyclic) bond motifs is 3. The van der Waals surface area contributed by atoms with Gasteiger partial charge in [-0.3, -0.25) is 14.5 Å². The summed E-state index contributed by atoms with van der Waals surface area (Å²) in [6.45, 7) is 6.45. The van der Waals surface area contributed by atoms with Crippen LogP contribution in [0.3, 0.4) is 0 Å². The van der Waals surface area contributed by atoms with E-state index in [0.717, 1.165) is 50.1 Å². The molecule has 1 N–H and O–H groups in total. The van der Waals surface area contributed by atoms with Crippen LogP contribution in [0.25, 0.3) is 11.0 Å². The van der Waals surface area contributed by atoms with Gasteiger partial charge in [-0.1, -0.05) is 25.7 Å². The van der Waals surface area contributed by atoms with E-state index in [4.69, 9.17) is 0 Å². The highest BCUT2D eigenvalue weighted by Crippen LogP contribution is 2.28. The fourth-order valence-electron chi connectivity index (χ4n) is 5.74. The summed E-state index contributed by atoms with van der Waals surface area (Å²) in [6.07, 6.45) is 9.70. The van der Waals surface area contributed by atoms with E-state index < -0.39 is 0 Å². The Morgan fingerprint density at radius 3 is 2.69 bits per heavy atom. The predicted molar refractivity (Wildman–Crippen MR) is 125 cm³/mol. The lowest BCUT2D eigenvalue weighted by Gasteiger charge is -2.36. The molecule has 2 aliphatic heterocycles. The summed E-state index contributed by atoms with van der Waals surface area (Å²) in [5.74, 6) is 0.493. The number of carbonyl (C=O) groups excluding carboxylic acids is 2. The number of hydrogen-bond acceptors (Lipinski definition) is 4. The van der Waals surface area contributed by atoms with Crippen molar-refractivity contribution < 1.29 is 9.59 Å². The first kappa shape index (κ1) is 21.4. The third kappa shape index (κ3) is 4.15. The number of piperidine rings is 1. The lowest BCUT2D eigenvalue weighted by molar-refractivity contribution is 0.0566. The summed E-state index contributed by atoms with van der Waals surface area (Å²) in [7, 11) is 0. The summed E-state index contributed by atoms with van der Waals surface area (Å²) in [5, 5.41) is 3.06. The van der Waals surface area contributed by atoms with Crippen molar-refractivity contribution in [2.24, 2.45) is 0 Å². The lowest BCUT2D eigenvalue weighted by atomic mass is 9.94. The number of carbonyl (C=O) groups is 2. The maximum absolute atomic E-state index is 13.2. The topological polar surface area (TPSA) is 70.5 Å². The van der Waals surface area contributed by atoms with Crippen LogP contribution in [0.5, 0.6) is 0 Å². The third-order valence-corrected chi connectivity index (χ3v) is 7.67. The van der Waals surface area contributed by atoms with Crippen molar-refractivity contribution in [1.29, 1.82) is 0 Å². The number of amides is 2. The van der Waals surface area contributed by atoms with E-state index in [1.54, 1.807) is 0 Å². The molecule has 0 radical (unpaired) electrons. The fourth-order valence-corrected chi connectivity index (χ4v) is 5.74. The number of likely N-dealkylation sites (tertiary alicyclic amines) is 1. The molecule has 3 aliphatic rings. The van der Waals surface area contributed by atoms with Gasteiger partial charge in [-0.15, -0.1) is 0 Å². The standard InChI is InChI=1S/C25H35N5O2/c1-18-7-5-6-13-28(18)14-12-26-24(31)19-10-11-22-21(17-19)27-23-25(32)29(15-16-30(22)23)20-8-3-2-4-9-20/h10-11,17-18,20H,2-9,12-16H2,1H3,(H,26,31)/t18-/m0/s1. The minimum atomic E-state index is -0.0716. The molecular formula is C25H35N5O2. The Morgan fingerprint density at radius 1 is 1.06 bits per heavy atom. The quantitative estimate of drug-likeness (QED) is 0.778. The van der Waals surface area contributed by atoms with E-state index in [1.807, 2.05) is 27.7 Å². The van der Waals surface area contributed by atoms with Gasteiger partial charge in [0.15, 0.2) is 5.82 Å². The second kappa shape index (κ2) is 9.22. The van der Waals surface area contributed by atoms with Crippen LogP contribution in [0.2, 0.25) is 0 Å². The molecule has 1 aromatic heterocycles. The summed E-state index contributed by atoms with van der Waals surface area (Å²) in [4.78, 5) is 35.1. The summed E-state index contributed by atoms with van der Waals surface area (Å²) in [5.41, 5.74) is 2.28. The van der Waals surface area contributed by atoms with Gasteiger partial charge in [-0.25, -0.2) is 4.98 Å². The van der Waals surface area contributed by atoms with Gasteiger partial charge in [0.1, 0.15) is 0 Å². The number of rotatable bonds is 5. The molecule has 5 rings (SSSR count). The van der Waals surface area contributed by atoms with Crippen LogP contribution in [0.4, 0.5) is 0 Å². The van der Waals surface area contributed by atoms with E-state index >= 15 is 0 Å². The molecule has 0 unspecified atom stereocenters. The maximum Gasteiger partial charge on any atom is 0.290 e. The molecule has 1 atom stereocenters. The van der Waals surface area contributed by atoms with E-state index in [9.17, 15) is 9.59 Å². The van der Waals surface area contributed by atoms with Crippen molar-refractivity contribution in [3.8, 4) is 0 Å². The van der Waals surface area contributed by atoms with Crippen molar-refractivity contribution in [3.63, 3.8) is 0 Å². The molecule has 2 amide bonds. The number of aromatic nitrogens is 2. The molecule has 1 saturated carbocycles. The predicted octanol–water partition coefficient (Wildman–Crippen LogP) is 3.43. The number of nitrogens with zero attached hydrogens (tertiary/aromatic N) is 4. The minimum absolute atomic E-state index is 0.0426. The molecule has 7 heteroatoms. The Morgan fingerprint density at radius 2 is 1.88 bits per heavy atom. The SMILES string of the molecule is C[C@H]1CCCCN1CCNC(=O)c1ccc2c(c1)nc1n2CCN(C2CCCCC2)C1=O. The highest BCUT2D eigenvalue weighted by Gasteiger charge is 2.33. The number of hydrogen-bond donors (Lipinski definition) is 1. The second-order valence-corrected chi connectivity index (χ2v) is 9.72. The van der Waals surface area contributed by atoms with Crippen LogP contribution in [-0.4, -0.2) is 69.4 Å². The normalized spacial score (nSPS) is 22.8. The molecule has 0 spiro atoms. The first-order valence-corrected chi connectivity index (χ1v) is 12.5. The van der Waals surface area contributed by atoms with Crippen molar-refractivity contribution in [2.45, 2.75) is 76.9 Å². The Bertz CT molecular complexity index is 994. The van der Waals surface area contributed by atoms with E-state index in [-0.39, 0.29) is 11.8 Å². The molecule has 1 saturated heterocycles. The number of benzene rings is 1. The Hall–Kier alpha value is -2.41. The van der Waals surface area contributed by atoms with Crippen molar-refractivity contribution in [1.82, 2.24) is 24.7 Å². The van der Waals surface area contributed by atoms with E-state index in [0.29, 0.717) is 30.0 Å².